The monoisotopic (exact) mass is 816 g/mol. The van der Waals surface area contributed by atoms with Crippen LogP contribution in [0.2, 0.25) is 0 Å². The maximum atomic E-state index is 13.8. The van der Waals surface area contributed by atoms with Gasteiger partial charge in [0.1, 0.15) is 30.4 Å². The van der Waals surface area contributed by atoms with E-state index in [4.69, 9.17) is 15.2 Å². The number of urea groups is 1. The Labute approximate surface area is 328 Å². The summed E-state index contributed by atoms with van der Waals surface area (Å²) in [7, 11) is 0. The number of nitrogens with zero attached hydrogens (tertiary/aromatic N) is 5. The fraction of sp³-hybridized carbons (Fsp3) is 0.457. The number of amides is 5. The normalized spacial score (nSPS) is 23.1. The first kappa shape index (κ1) is 41.9. The number of hydrogen-bond donors (Lipinski definition) is 3. The molecule has 4 N–H and O–H groups in total. The fourth-order valence-corrected chi connectivity index (χ4v) is 9.59. The Kier molecular flexibility index (Phi) is 12.9. The number of esters is 1. The zero-order valence-electron chi connectivity index (χ0n) is 30.6. The number of fused-ring (bicyclic) bond motifs is 1. The number of nitro benzene ring substituents is 2. The third kappa shape index (κ3) is 8.44. The highest BCUT2D eigenvalue weighted by Gasteiger charge is 2.61. The molecule has 300 valence electrons. The van der Waals surface area contributed by atoms with E-state index < -0.39 is 86.5 Å². The smallest absolute Gasteiger partial charge is 0.410 e. The maximum absolute atomic E-state index is 13.8. The maximum Gasteiger partial charge on any atom is 0.410 e. The molecule has 2 unspecified atom stereocenters. The van der Waals surface area contributed by atoms with Gasteiger partial charge < -0.3 is 35.2 Å². The number of likely N-dealkylation sites (tertiary alicyclic amines) is 1. The Morgan fingerprint density at radius 1 is 0.964 bits per heavy atom. The minimum Gasteiger partial charge on any atom is -0.456 e. The average molecular weight is 817 g/mol. The Morgan fingerprint density at radius 3 is 1.96 bits per heavy atom. The molecular formula is C35H40N6O13S2. The molecule has 56 heavy (non-hydrogen) atoms. The number of non-ortho nitro benzene ring substituents is 2. The molecule has 0 radical (unpaired) electrons. The van der Waals surface area contributed by atoms with Crippen LogP contribution in [-0.2, 0) is 37.1 Å². The number of aliphatic hydroxyl groups is 2. The summed E-state index contributed by atoms with van der Waals surface area (Å²) in [5.41, 5.74) is 5.98. The van der Waals surface area contributed by atoms with Crippen LogP contribution in [0.3, 0.4) is 0 Å². The number of primary amides is 1. The summed E-state index contributed by atoms with van der Waals surface area (Å²) >= 11 is 2.21. The largest absolute Gasteiger partial charge is 0.456 e. The molecule has 3 aliphatic rings. The summed E-state index contributed by atoms with van der Waals surface area (Å²) in [4.78, 5) is 91.4. The molecule has 5 rings (SSSR count). The number of benzene rings is 2. The third-order valence-electron chi connectivity index (χ3n) is 9.86. The second-order valence-electron chi connectivity index (χ2n) is 13.5. The molecule has 21 heteroatoms. The van der Waals surface area contributed by atoms with Crippen molar-refractivity contribution in [1.29, 1.82) is 0 Å². The van der Waals surface area contributed by atoms with Crippen LogP contribution in [0, 0.1) is 32.1 Å². The number of carbonyl (C=O) groups is 5. The van der Waals surface area contributed by atoms with Gasteiger partial charge in [0, 0.05) is 46.9 Å². The highest BCUT2D eigenvalue weighted by atomic mass is 32.2. The molecule has 2 aromatic rings. The summed E-state index contributed by atoms with van der Waals surface area (Å²) < 4.78 is 11.2. The number of nitro groups is 2. The van der Waals surface area contributed by atoms with Gasteiger partial charge in [-0.3, -0.25) is 29.8 Å². The van der Waals surface area contributed by atoms with Crippen molar-refractivity contribution >= 4 is 64.8 Å². The molecule has 2 fully saturated rings. The van der Waals surface area contributed by atoms with Gasteiger partial charge in [0.25, 0.3) is 11.4 Å². The van der Waals surface area contributed by atoms with E-state index in [-0.39, 0.29) is 43.3 Å². The van der Waals surface area contributed by atoms with Crippen molar-refractivity contribution in [3.8, 4) is 0 Å². The first-order valence-corrected chi connectivity index (χ1v) is 19.5. The number of aliphatic hydroxyl groups excluding tert-OH is 2. The quantitative estimate of drug-likeness (QED) is 0.0813. The number of hydrogen-bond acceptors (Lipinski definition) is 15. The van der Waals surface area contributed by atoms with Crippen LogP contribution in [0.5, 0.6) is 0 Å². The molecule has 0 aliphatic carbocycles. The molecular weight excluding hydrogens is 777 g/mol. The minimum absolute atomic E-state index is 0.0379. The molecule has 5 amide bonds. The molecule has 3 heterocycles. The average Bonchev–Trinajstić information content (AvgIpc) is 3.66. The second kappa shape index (κ2) is 17.3. The van der Waals surface area contributed by atoms with Crippen LogP contribution < -0.4 is 5.73 Å². The number of ether oxygens (including phenoxy) is 2. The Bertz CT molecular complexity index is 1930. The SMILES string of the molecule is CSC(C(=O)N(C(N)=O)C(C)O)[C@@H]1C[C@H](SC2=C(C(=O)OCc3ccc([N+](=O)[O-])cc3)N3C(=O)[C@H]([C@@H](C)O)[C@H]3[C@H]2C)CN1C(=O)OCc1ccc([N+](=O)[O-])cc1. The van der Waals surface area contributed by atoms with Crippen molar-refractivity contribution in [3.63, 3.8) is 0 Å². The van der Waals surface area contributed by atoms with E-state index in [1.807, 2.05) is 0 Å². The summed E-state index contributed by atoms with van der Waals surface area (Å²) in [5.74, 6) is -3.46. The number of β-lactam (4-membered cyclic amide) rings is 1. The minimum atomic E-state index is -1.59. The van der Waals surface area contributed by atoms with E-state index >= 15 is 0 Å². The van der Waals surface area contributed by atoms with E-state index in [0.717, 1.165) is 11.8 Å². The van der Waals surface area contributed by atoms with Crippen LogP contribution in [-0.4, -0.2) is 112 Å². The molecule has 19 nitrogen and oxygen atoms in total. The molecule has 0 aromatic heterocycles. The lowest BCUT2D eigenvalue weighted by Gasteiger charge is -2.46. The number of nitrogens with two attached hydrogens (primary N) is 1. The van der Waals surface area contributed by atoms with E-state index in [9.17, 15) is 54.4 Å². The lowest BCUT2D eigenvalue weighted by atomic mass is 9.79. The number of rotatable bonds is 14. The van der Waals surface area contributed by atoms with Gasteiger partial charge in [-0.15, -0.1) is 23.5 Å². The van der Waals surface area contributed by atoms with Crippen molar-refractivity contribution in [2.45, 2.75) is 75.3 Å². The van der Waals surface area contributed by atoms with Gasteiger partial charge in [-0.1, -0.05) is 6.92 Å². The molecule has 0 bridgehead atoms. The zero-order valence-corrected chi connectivity index (χ0v) is 32.2. The van der Waals surface area contributed by atoms with Crippen molar-refractivity contribution in [1.82, 2.24) is 14.7 Å². The molecule has 2 aromatic carbocycles. The lowest BCUT2D eigenvalue weighted by Crippen LogP contribution is -2.63. The zero-order chi connectivity index (χ0) is 41.2. The van der Waals surface area contributed by atoms with Gasteiger partial charge in [-0.25, -0.2) is 19.3 Å². The Balaban J connectivity index is 1.44. The topological polar surface area (TPSA) is 266 Å². The van der Waals surface area contributed by atoms with Gasteiger partial charge in [-0.2, -0.15) is 0 Å². The molecule has 2 saturated heterocycles. The van der Waals surface area contributed by atoms with Crippen molar-refractivity contribution in [2.24, 2.45) is 17.6 Å². The predicted molar refractivity (Wildman–Crippen MR) is 200 cm³/mol. The number of carbonyl (C=O) groups excluding carboxylic acids is 5. The van der Waals surface area contributed by atoms with Crippen LogP contribution in [0.15, 0.2) is 59.1 Å². The van der Waals surface area contributed by atoms with E-state index in [1.54, 1.807) is 13.2 Å². The van der Waals surface area contributed by atoms with Crippen molar-refractivity contribution in [2.75, 3.05) is 12.8 Å². The second-order valence-corrected chi connectivity index (χ2v) is 15.8. The molecule has 0 saturated carbocycles. The fourth-order valence-electron chi connectivity index (χ4n) is 7.17. The summed E-state index contributed by atoms with van der Waals surface area (Å²) in [6, 6.07) is 8.04. The highest BCUT2D eigenvalue weighted by molar-refractivity contribution is 8.03. The Hall–Kier alpha value is -5.25. The third-order valence-corrected chi connectivity index (χ3v) is 12.4. The molecule has 0 spiro atoms. The number of imide groups is 1. The van der Waals surface area contributed by atoms with Crippen LogP contribution in [0.4, 0.5) is 21.0 Å². The Morgan fingerprint density at radius 2 is 1.50 bits per heavy atom. The predicted octanol–water partition coefficient (Wildman–Crippen LogP) is 3.11. The van der Waals surface area contributed by atoms with E-state index in [1.165, 1.54) is 83.9 Å². The van der Waals surface area contributed by atoms with Gasteiger partial charge in [0.05, 0.1) is 34.0 Å². The van der Waals surface area contributed by atoms with Gasteiger partial charge in [0.2, 0.25) is 11.8 Å². The first-order chi connectivity index (χ1) is 26.5. The van der Waals surface area contributed by atoms with Crippen molar-refractivity contribution in [3.05, 3.63) is 90.5 Å². The summed E-state index contributed by atoms with van der Waals surface area (Å²) in [6.07, 6.45) is -1.77. The highest BCUT2D eigenvalue weighted by Crippen LogP contribution is 2.53. The van der Waals surface area contributed by atoms with Gasteiger partial charge in [-0.05, 0) is 61.9 Å². The molecule has 3 aliphatic heterocycles. The van der Waals surface area contributed by atoms with E-state index in [2.05, 4.69) is 0 Å². The van der Waals surface area contributed by atoms with E-state index in [0.29, 0.717) is 20.9 Å². The van der Waals surface area contributed by atoms with Crippen molar-refractivity contribution < 1.29 is 53.5 Å². The lowest BCUT2D eigenvalue weighted by molar-refractivity contribution is -0.385. The van der Waals surface area contributed by atoms with Gasteiger partial charge >= 0.3 is 18.1 Å². The summed E-state index contributed by atoms with van der Waals surface area (Å²) in [6.45, 7) is 3.88. The first-order valence-electron chi connectivity index (χ1n) is 17.3. The standard InChI is InChI=1S/C35H40N6O13S2/c1-17-27-26(18(2)42)31(44)39(27)28(33(46)53-15-20-5-9-22(10-6-20)40(49)50)29(17)56-24-13-25(30(55-4)32(45)38(19(3)43)34(36)47)37(14-24)35(48)54-16-21-7-11-23(12-8-21)41(51)52/h5-12,17-19,24-27,30,42-43H,13-16H2,1-4H3,(H2,36,47)/t17-,18-,19?,24+,25+,26-,27-,30?/m1/s1. The summed E-state index contributed by atoms with van der Waals surface area (Å²) in [5, 5.41) is 41.2. The molecule has 8 atom stereocenters. The number of thioether (sulfide) groups is 2. The van der Waals surface area contributed by atoms with Crippen LogP contribution >= 0.6 is 23.5 Å². The van der Waals surface area contributed by atoms with Crippen LogP contribution in [0.1, 0.15) is 38.3 Å². The van der Waals surface area contributed by atoms with Crippen LogP contribution in [0.25, 0.3) is 0 Å². The van der Waals surface area contributed by atoms with Gasteiger partial charge in [0.15, 0.2) is 0 Å².